The Kier molecular flexibility index (Phi) is 7.44. The van der Waals surface area contributed by atoms with Crippen molar-refractivity contribution in [3.8, 4) is 0 Å². The lowest BCUT2D eigenvalue weighted by molar-refractivity contribution is -0.231. The van der Waals surface area contributed by atoms with Gasteiger partial charge in [-0.2, -0.15) is 0 Å². The average molecular weight is 583 g/mol. The van der Waals surface area contributed by atoms with E-state index in [1.807, 2.05) is 0 Å². The number of hydrogen-bond donors (Lipinski definition) is 1. The highest BCUT2D eigenvalue weighted by Crippen LogP contribution is 2.71. The lowest BCUT2D eigenvalue weighted by atomic mass is 9.45. The second-order valence-electron chi connectivity index (χ2n) is 13.8. The molecule has 228 valence electrons. The van der Waals surface area contributed by atoms with Gasteiger partial charge in [-0.25, -0.2) is 22.8 Å². The number of aliphatic hydroxyl groups excluding tert-OH is 1. The maximum atomic E-state index is 17.5. The van der Waals surface area contributed by atoms with Crippen molar-refractivity contribution < 1.29 is 46.9 Å². The van der Waals surface area contributed by atoms with Gasteiger partial charge in [-0.3, -0.25) is 4.79 Å². The summed E-state index contributed by atoms with van der Waals surface area (Å²) in [6.45, 7) is 7.38. The first-order valence-corrected chi connectivity index (χ1v) is 14.7. The Labute approximate surface area is 238 Å². The zero-order chi connectivity index (χ0) is 30.1. The zero-order valence-corrected chi connectivity index (χ0v) is 24.4. The summed E-state index contributed by atoms with van der Waals surface area (Å²) in [5.74, 6) is -4.11. The van der Waals surface area contributed by atoms with Gasteiger partial charge < -0.3 is 19.3 Å². The Bertz CT molecular complexity index is 1180. The van der Waals surface area contributed by atoms with Crippen LogP contribution in [0.15, 0.2) is 23.6 Å². The number of aliphatic hydroxyl groups is 1. The number of carbonyl (C=O) groups is 3. The van der Waals surface area contributed by atoms with Crippen molar-refractivity contribution in [1.29, 1.82) is 0 Å². The van der Waals surface area contributed by atoms with Crippen molar-refractivity contribution in [2.75, 3.05) is 6.86 Å². The van der Waals surface area contributed by atoms with E-state index in [0.717, 1.165) is 6.42 Å². The topological polar surface area (TPSA) is 99.1 Å². The molecule has 0 aliphatic heterocycles. The molecule has 41 heavy (non-hydrogen) atoms. The molecule has 0 heterocycles. The molecule has 1 unspecified atom stereocenters. The molecule has 0 saturated heterocycles. The van der Waals surface area contributed by atoms with Crippen molar-refractivity contribution in [1.82, 2.24) is 0 Å². The van der Waals surface area contributed by atoms with Crippen LogP contribution < -0.4 is 0 Å². The van der Waals surface area contributed by atoms with Crippen molar-refractivity contribution in [3.63, 3.8) is 0 Å². The lowest BCUT2D eigenvalue weighted by Gasteiger charge is -2.62. The molecule has 0 spiro atoms. The number of hydrogen-bond acceptors (Lipinski definition) is 7. The van der Waals surface area contributed by atoms with Crippen molar-refractivity contribution in [2.45, 2.75) is 103 Å². The number of halogens is 3. The zero-order valence-electron chi connectivity index (χ0n) is 24.4. The molecule has 11 atom stereocenters. The number of rotatable bonds is 4. The van der Waals surface area contributed by atoms with E-state index in [9.17, 15) is 23.9 Å². The van der Waals surface area contributed by atoms with Crippen LogP contribution in [0, 0.1) is 40.4 Å². The minimum atomic E-state index is -2.37. The van der Waals surface area contributed by atoms with E-state index in [0.29, 0.717) is 24.7 Å². The summed E-state index contributed by atoms with van der Waals surface area (Å²) in [7, 11) is 0. The number of alkyl halides is 2. The highest BCUT2D eigenvalue weighted by atomic mass is 19.1. The van der Waals surface area contributed by atoms with Gasteiger partial charge in [0.05, 0.1) is 6.10 Å². The minimum Gasteiger partial charge on any atom is -0.431 e. The second-order valence-corrected chi connectivity index (χ2v) is 13.8. The first-order valence-electron chi connectivity index (χ1n) is 14.7. The summed E-state index contributed by atoms with van der Waals surface area (Å²) in [6.07, 6.45) is 0.705. The molecule has 1 N–H and O–H groups in total. The molecule has 5 aliphatic carbocycles. The molecule has 0 aromatic heterocycles. The third kappa shape index (κ3) is 4.20. The van der Waals surface area contributed by atoms with Gasteiger partial charge in [0.15, 0.2) is 11.5 Å². The molecule has 0 bridgehead atoms. The van der Waals surface area contributed by atoms with Crippen LogP contribution >= 0.6 is 0 Å². The summed E-state index contributed by atoms with van der Waals surface area (Å²) in [6, 6.07) is 0. The molecule has 3 fully saturated rings. The molecule has 5 rings (SSSR count). The Morgan fingerprint density at radius 2 is 1.73 bits per heavy atom. The fourth-order valence-electron chi connectivity index (χ4n) is 9.61. The maximum absolute atomic E-state index is 17.5. The summed E-state index contributed by atoms with van der Waals surface area (Å²) >= 11 is 0. The van der Waals surface area contributed by atoms with Gasteiger partial charge in [0, 0.05) is 35.5 Å². The molecule has 5 aliphatic rings. The molecule has 7 nitrogen and oxygen atoms in total. The average Bonchev–Trinajstić information content (AvgIpc) is 3.08. The summed E-state index contributed by atoms with van der Waals surface area (Å²) in [5, 5.41) is 11.6. The molecule has 0 amide bonds. The van der Waals surface area contributed by atoms with Gasteiger partial charge in [0.1, 0.15) is 11.9 Å². The van der Waals surface area contributed by atoms with Crippen LogP contribution in [-0.2, 0) is 23.8 Å². The maximum Gasteiger partial charge on any atom is 0.509 e. The molecule has 0 radical (unpaired) electrons. The van der Waals surface area contributed by atoms with E-state index in [2.05, 4.69) is 13.8 Å². The van der Waals surface area contributed by atoms with Crippen LogP contribution in [0.1, 0.15) is 79.6 Å². The van der Waals surface area contributed by atoms with E-state index in [1.54, 1.807) is 13.8 Å². The normalized spacial score (nSPS) is 47.2. The van der Waals surface area contributed by atoms with Crippen LogP contribution in [0.5, 0.6) is 0 Å². The molecule has 10 heteroatoms. The molecular formula is C31H41F3O7. The summed E-state index contributed by atoms with van der Waals surface area (Å²) in [5.41, 5.74) is -7.47. The third-order valence-electron chi connectivity index (χ3n) is 11.3. The largest absolute Gasteiger partial charge is 0.509 e. The fraction of sp³-hybridized carbons (Fsp3) is 0.774. The first-order chi connectivity index (χ1) is 19.1. The molecule has 0 aromatic carbocycles. The number of ketones is 1. The highest BCUT2D eigenvalue weighted by molar-refractivity contribution is 5.93. The molecular weight excluding hydrogens is 541 g/mol. The van der Waals surface area contributed by atoms with Crippen LogP contribution in [0.4, 0.5) is 18.0 Å². The smallest absolute Gasteiger partial charge is 0.431 e. The van der Waals surface area contributed by atoms with Gasteiger partial charge in [-0.05, 0) is 68.4 Å². The predicted octanol–water partition coefficient (Wildman–Crippen LogP) is 6.09. The fourth-order valence-corrected chi connectivity index (χ4v) is 9.61. The number of carbonyl (C=O) groups excluding carboxylic acids is 3. The van der Waals surface area contributed by atoms with E-state index >= 15 is 8.78 Å². The predicted molar refractivity (Wildman–Crippen MR) is 141 cm³/mol. The number of esters is 1. The summed E-state index contributed by atoms with van der Waals surface area (Å²) < 4.78 is 63.0. The minimum absolute atomic E-state index is 0.0244. The van der Waals surface area contributed by atoms with Crippen LogP contribution in [0.25, 0.3) is 0 Å². The Hall–Kier alpha value is -2.36. The van der Waals surface area contributed by atoms with E-state index in [-0.39, 0.29) is 37.0 Å². The van der Waals surface area contributed by atoms with Crippen molar-refractivity contribution in [2.24, 2.45) is 40.4 Å². The molecule has 0 aromatic rings. The monoisotopic (exact) mass is 582 g/mol. The Morgan fingerprint density at radius 3 is 2.37 bits per heavy atom. The second kappa shape index (κ2) is 10.1. The lowest BCUT2D eigenvalue weighted by Crippen LogP contribution is -2.70. The number of fused-ring (bicyclic) bond motifs is 5. The van der Waals surface area contributed by atoms with Gasteiger partial charge >= 0.3 is 12.1 Å². The quantitative estimate of drug-likeness (QED) is 0.401. The van der Waals surface area contributed by atoms with Crippen molar-refractivity contribution >= 4 is 17.9 Å². The Balaban J connectivity index is 1.54. The Morgan fingerprint density at radius 1 is 1.07 bits per heavy atom. The van der Waals surface area contributed by atoms with Crippen molar-refractivity contribution in [3.05, 3.63) is 23.6 Å². The van der Waals surface area contributed by atoms with E-state index in [1.165, 1.54) is 19.1 Å². The molecule has 3 saturated carbocycles. The van der Waals surface area contributed by atoms with Crippen LogP contribution in [0.2, 0.25) is 0 Å². The SMILES string of the molecule is C[C@@H]1CC(OC(=O)O[C@]2(C(=O)OCF)[C@H](C)C[C@H]3[C@@H]4CC(F)=C5CC(=O)C=C[C@]5(C)[C@@]4(F)[C@@H](O)C[C@@]32C)C[C@H](C)C1. The van der Waals surface area contributed by atoms with Gasteiger partial charge in [0.2, 0.25) is 12.5 Å². The summed E-state index contributed by atoms with van der Waals surface area (Å²) in [4.78, 5) is 39.0. The number of ether oxygens (including phenoxy) is 3. The van der Waals surface area contributed by atoms with Gasteiger partial charge in [0.25, 0.3) is 0 Å². The van der Waals surface area contributed by atoms with Gasteiger partial charge in [-0.15, -0.1) is 0 Å². The van der Waals surface area contributed by atoms with E-state index < -0.39 is 76.9 Å². The van der Waals surface area contributed by atoms with E-state index in [4.69, 9.17) is 14.2 Å². The van der Waals surface area contributed by atoms with Crippen LogP contribution in [0.3, 0.4) is 0 Å². The van der Waals surface area contributed by atoms with Crippen LogP contribution in [-0.4, -0.2) is 53.4 Å². The number of allylic oxidation sites excluding steroid dienone is 4. The highest BCUT2D eigenvalue weighted by Gasteiger charge is 2.78. The first kappa shape index (κ1) is 30.1. The van der Waals surface area contributed by atoms with Gasteiger partial charge in [-0.1, -0.05) is 33.8 Å². The standard InChI is InChI=1S/C31H41F3O7/c1-16-8-17(2)10-20(9-16)40-27(38)41-31(26(37)39-15-32)18(3)11-21-22-13-24(33)23-12-19(35)6-7-28(23,4)30(22,34)25(36)14-29(21,31)5/h6-7,16-18,20-22,25,36H,8-15H2,1-5H3/t16-,17+,18-,20?,21+,22+,25+,28+,29+,30+,31+/m1/s1. The third-order valence-corrected chi connectivity index (χ3v) is 11.3.